The Morgan fingerprint density at radius 3 is 3.04 bits per heavy atom. The number of halogens is 1. The van der Waals surface area contributed by atoms with E-state index in [1.165, 1.54) is 30.2 Å². The van der Waals surface area contributed by atoms with Crippen molar-refractivity contribution >= 4 is 51.5 Å². The van der Waals surface area contributed by atoms with Gasteiger partial charge in [0.25, 0.3) is 0 Å². The van der Waals surface area contributed by atoms with Crippen LogP contribution >= 0.6 is 34.7 Å². The van der Waals surface area contributed by atoms with Gasteiger partial charge in [-0.3, -0.25) is 0 Å². The van der Waals surface area contributed by atoms with E-state index in [9.17, 15) is 4.79 Å². The molecule has 124 valence electrons. The molecule has 0 saturated heterocycles. The number of aromatic nitrogens is 2. The monoisotopic (exact) mass is 381 g/mol. The van der Waals surface area contributed by atoms with E-state index >= 15 is 0 Å². The molecule has 6 nitrogen and oxygen atoms in total. The Labute approximate surface area is 151 Å². The van der Waals surface area contributed by atoms with Crippen molar-refractivity contribution in [3.63, 3.8) is 0 Å². The molecule has 24 heavy (non-hydrogen) atoms. The van der Waals surface area contributed by atoms with E-state index in [2.05, 4.69) is 20.3 Å². The van der Waals surface area contributed by atoms with Crippen molar-refractivity contribution < 1.29 is 13.9 Å². The van der Waals surface area contributed by atoms with Crippen LogP contribution in [-0.2, 0) is 10.5 Å². The first-order chi connectivity index (χ1) is 11.6. The van der Waals surface area contributed by atoms with Gasteiger partial charge in [-0.2, -0.15) is 0 Å². The van der Waals surface area contributed by atoms with Crippen LogP contribution in [0.1, 0.15) is 16.3 Å². The number of nitrogens with zero attached hydrogens (tertiary/aromatic N) is 2. The molecule has 0 aliphatic rings. The molecule has 2 heterocycles. The molecule has 0 unspecified atom stereocenters. The van der Waals surface area contributed by atoms with E-state index in [1.54, 1.807) is 18.2 Å². The first kappa shape index (κ1) is 16.8. The normalized spacial score (nSPS) is 10.6. The molecule has 0 amide bonds. The van der Waals surface area contributed by atoms with Crippen molar-refractivity contribution in [3.8, 4) is 0 Å². The first-order valence-electron chi connectivity index (χ1n) is 6.80. The lowest BCUT2D eigenvalue weighted by Crippen LogP contribution is -1.98. The molecule has 3 aromatic rings. The highest BCUT2D eigenvalue weighted by molar-refractivity contribution is 8.00. The average molecular weight is 382 g/mol. The van der Waals surface area contributed by atoms with Crippen LogP contribution < -0.4 is 5.32 Å². The van der Waals surface area contributed by atoms with Gasteiger partial charge in [-0.15, -0.1) is 10.2 Å². The topological polar surface area (TPSA) is 77.2 Å². The van der Waals surface area contributed by atoms with E-state index in [1.807, 2.05) is 18.2 Å². The van der Waals surface area contributed by atoms with Gasteiger partial charge >= 0.3 is 5.97 Å². The highest BCUT2D eigenvalue weighted by Gasteiger charge is 2.12. The number of anilines is 2. The molecule has 9 heteroatoms. The molecular formula is C15H12ClN3O3S2. The number of furan rings is 1. The van der Waals surface area contributed by atoms with Crippen LogP contribution in [-0.4, -0.2) is 23.3 Å². The molecule has 0 aliphatic heterocycles. The second kappa shape index (κ2) is 7.69. The van der Waals surface area contributed by atoms with Crippen LogP contribution in [0.25, 0.3) is 0 Å². The van der Waals surface area contributed by atoms with Crippen molar-refractivity contribution in [2.75, 3.05) is 12.4 Å². The summed E-state index contributed by atoms with van der Waals surface area (Å²) in [5.74, 6) is 0.909. The summed E-state index contributed by atoms with van der Waals surface area (Å²) in [5, 5.41) is 12.7. The van der Waals surface area contributed by atoms with E-state index in [-0.39, 0.29) is 5.76 Å². The Hall–Kier alpha value is -2.03. The number of carbonyl (C=O) groups excluding carboxylic acids is 1. The lowest BCUT2D eigenvalue weighted by Gasteiger charge is -2.01. The third-order valence-electron chi connectivity index (χ3n) is 2.87. The van der Waals surface area contributed by atoms with Gasteiger partial charge in [-0.1, -0.05) is 40.8 Å². The van der Waals surface area contributed by atoms with Crippen molar-refractivity contribution in [2.24, 2.45) is 0 Å². The zero-order chi connectivity index (χ0) is 16.9. The molecule has 0 atom stereocenters. The molecule has 1 aromatic carbocycles. The van der Waals surface area contributed by atoms with Crippen LogP contribution in [0.3, 0.4) is 0 Å². The zero-order valence-corrected chi connectivity index (χ0v) is 14.9. The number of thioether (sulfide) groups is 1. The van der Waals surface area contributed by atoms with Crippen molar-refractivity contribution in [1.82, 2.24) is 10.2 Å². The van der Waals surface area contributed by atoms with E-state index in [0.29, 0.717) is 21.7 Å². The Morgan fingerprint density at radius 1 is 1.38 bits per heavy atom. The second-order valence-electron chi connectivity index (χ2n) is 4.55. The summed E-state index contributed by atoms with van der Waals surface area (Å²) in [6, 6.07) is 10.7. The smallest absolute Gasteiger partial charge is 0.373 e. The van der Waals surface area contributed by atoms with Gasteiger partial charge in [0.2, 0.25) is 10.9 Å². The summed E-state index contributed by atoms with van der Waals surface area (Å²) in [4.78, 5) is 11.3. The van der Waals surface area contributed by atoms with Crippen LogP contribution in [0.15, 0.2) is 45.2 Å². The molecule has 0 radical (unpaired) electrons. The number of benzene rings is 1. The Kier molecular flexibility index (Phi) is 5.39. The highest BCUT2D eigenvalue weighted by Crippen LogP contribution is 2.30. The maximum absolute atomic E-state index is 11.3. The van der Waals surface area contributed by atoms with Gasteiger partial charge in [-0.25, -0.2) is 4.79 Å². The Morgan fingerprint density at radius 2 is 2.25 bits per heavy atom. The third-order valence-corrected chi connectivity index (χ3v) is 5.10. The first-order valence-corrected chi connectivity index (χ1v) is 8.98. The number of carbonyl (C=O) groups is 1. The standard InChI is InChI=1S/C15H12ClN3O3S2/c1-21-13(20)12-6-5-11(22-12)8-23-15-19-18-14(24-15)17-10-4-2-3-9(16)7-10/h2-7H,8H2,1H3,(H,17,18). The molecule has 0 spiro atoms. The van der Waals surface area contributed by atoms with E-state index in [4.69, 9.17) is 16.0 Å². The molecule has 0 fully saturated rings. The predicted molar refractivity (Wildman–Crippen MR) is 94.3 cm³/mol. The van der Waals surface area contributed by atoms with E-state index < -0.39 is 5.97 Å². The largest absolute Gasteiger partial charge is 0.463 e. The lowest BCUT2D eigenvalue weighted by atomic mass is 10.3. The Balaban J connectivity index is 1.58. The van der Waals surface area contributed by atoms with Crippen LogP contribution in [0.4, 0.5) is 10.8 Å². The fraction of sp³-hybridized carbons (Fsp3) is 0.133. The summed E-state index contributed by atoms with van der Waals surface area (Å²) in [6.07, 6.45) is 0. The fourth-order valence-corrected chi connectivity index (χ4v) is 3.66. The minimum atomic E-state index is -0.491. The van der Waals surface area contributed by atoms with Crippen molar-refractivity contribution in [1.29, 1.82) is 0 Å². The van der Waals surface area contributed by atoms with E-state index in [0.717, 1.165) is 10.0 Å². The van der Waals surface area contributed by atoms with Gasteiger partial charge in [-0.05, 0) is 30.3 Å². The number of rotatable bonds is 6. The summed E-state index contributed by atoms with van der Waals surface area (Å²) in [6.45, 7) is 0. The molecule has 0 aliphatic carbocycles. The van der Waals surface area contributed by atoms with Gasteiger partial charge < -0.3 is 14.5 Å². The quantitative estimate of drug-likeness (QED) is 0.493. The second-order valence-corrected chi connectivity index (χ2v) is 7.19. The number of esters is 1. The average Bonchev–Trinajstić information content (AvgIpc) is 3.21. The fourth-order valence-electron chi connectivity index (χ4n) is 1.81. The van der Waals surface area contributed by atoms with Gasteiger partial charge in [0.05, 0.1) is 12.9 Å². The predicted octanol–water partition coefficient (Wildman–Crippen LogP) is 4.61. The number of ether oxygens (including phenoxy) is 1. The number of hydrogen-bond donors (Lipinski definition) is 1. The van der Waals surface area contributed by atoms with Gasteiger partial charge in [0, 0.05) is 10.7 Å². The zero-order valence-electron chi connectivity index (χ0n) is 12.5. The van der Waals surface area contributed by atoms with Crippen LogP contribution in [0.2, 0.25) is 5.02 Å². The maximum atomic E-state index is 11.3. The molecule has 1 N–H and O–H groups in total. The number of nitrogens with one attached hydrogen (secondary N) is 1. The van der Waals surface area contributed by atoms with Gasteiger partial charge in [0.1, 0.15) is 5.76 Å². The minimum absolute atomic E-state index is 0.189. The molecule has 3 rings (SSSR count). The SMILES string of the molecule is COC(=O)c1ccc(CSc2nnc(Nc3cccc(Cl)c3)s2)o1. The van der Waals surface area contributed by atoms with Gasteiger partial charge in [0.15, 0.2) is 4.34 Å². The minimum Gasteiger partial charge on any atom is -0.463 e. The lowest BCUT2D eigenvalue weighted by molar-refractivity contribution is 0.0563. The summed E-state index contributed by atoms with van der Waals surface area (Å²) < 4.78 is 10.8. The summed E-state index contributed by atoms with van der Waals surface area (Å²) >= 11 is 8.85. The molecular weight excluding hydrogens is 370 g/mol. The third kappa shape index (κ3) is 4.28. The molecule has 0 bridgehead atoms. The number of methoxy groups -OCH3 is 1. The molecule has 2 aromatic heterocycles. The summed E-state index contributed by atoms with van der Waals surface area (Å²) in [5.41, 5.74) is 0.851. The van der Waals surface area contributed by atoms with Crippen LogP contribution in [0, 0.1) is 0 Å². The van der Waals surface area contributed by atoms with Crippen molar-refractivity contribution in [3.05, 3.63) is 52.9 Å². The summed E-state index contributed by atoms with van der Waals surface area (Å²) in [7, 11) is 1.31. The molecule has 0 saturated carbocycles. The van der Waals surface area contributed by atoms with Crippen molar-refractivity contribution in [2.45, 2.75) is 10.1 Å². The highest BCUT2D eigenvalue weighted by atomic mass is 35.5. The Bertz CT molecular complexity index is 850. The number of hydrogen-bond acceptors (Lipinski definition) is 8. The maximum Gasteiger partial charge on any atom is 0.373 e. The van der Waals surface area contributed by atoms with Crippen LogP contribution in [0.5, 0.6) is 0 Å².